The molecule has 0 unspecified atom stereocenters. The fourth-order valence-electron chi connectivity index (χ4n) is 1.82. The van der Waals surface area contributed by atoms with Crippen molar-refractivity contribution in [2.45, 2.75) is 0 Å². The van der Waals surface area contributed by atoms with Gasteiger partial charge in [0.25, 0.3) is 0 Å². The van der Waals surface area contributed by atoms with Crippen molar-refractivity contribution in [2.24, 2.45) is 0 Å². The molecule has 8 heteroatoms. The van der Waals surface area contributed by atoms with Crippen molar-refractivity contribution in [1.29, 1.82) is 0 Å². The number of fused-ring (bicyclic) bond motifs is 3. The maximum absolute atomic E-state index is 7.13. The van der Waals surface area contributed by atoms with Crippen LogP contribution in [0.1, 0.15) is 0 Å². The molecule has 3 aromatic rings. The Hall–Kier alpha value is -1.94. The van der Waals surface area contributed by atoms with Gasteiger partial charge in [-0.25, -0.2) is 4.98 Å². The molecule has 0 amide bonds. The van der Waals surface area contributed by atoms with E-state index >= 15 is 0 Å². The van der Waals surface area contributed by atoms with Crippen molar-refractivity contribution in [1.82, 2.24) is 9.97 Å². The molecule has 0 spiro atoms. The van der Waals surface area contributed by atoms with Crippen LogP contribution in [0.5, 0.6) is 5.88 Å². The van der Waals surface area contributed by atoms with Crippen molar-refractivity contribution in [3.63, 3.8) is 0 Å². The molecular weight excluding hydrogens is 382 g/mol. The van der Waals surface area contributed by atoms with E-state index in [9.17, 15) is 0 Å². The second kappa shape index (κ2) is 11.6. The molecule has 0 N–H and O–H groups in total. The monoisotopic (exact) mass is 390 g/mol. The molecule has 3 rings (SSSR count). The number of aromatic nitrogens is 2. The first-order valence-electron chi connectivity index (χ1n) is 5.92. The fourth-order valence-corrected chi connectivity index (χ4v) is 1.82. The molecule has 0 radical (unpaired) electrons. The van der Waals surface area contributed by atoms with Gasteiger partial charge in [-0.05, 0) is 12.1 Å². The summed E-state index contributed by atoms with van der Waals surface area (Å²) < 4.78 is 5.13. The van der Waals surface area contributed by atoms with E-state index in [1.807, 2.05) is 30.3 Å². The molecule has 110 valence electrons. The van der Waals surface area contributed by atoms with Gasteiger partial charge in [0, 0.05) is 23.0 Å². The Kier molecular flexibility index (Phi) is 10.6. The summed E-state index contributed by atoms with van der Waals surface area (Å²) >= 11 is 7.40. The van der Waals surface area contributed by atoms with Crippen LogP contribution < -0.4 is 4.74 Å². The molecule has 1 aromatic carbocycles. The zero-order valence-electron chi connectivity index (χ0n) is 12.3. The van der Waals surface area contributed by atoms with Gasteiger partial charge in [-0.3, -0.25) is 4.98 Å². The predicted molar refractivity (Wildman–Crippen MR) is 95.5 cm³/mol. The van der Waals surface area contributed by atoms with Gasteiger partial charge in [-0.1, -0.05) is 42.6 Å². The Morgan fingerprint density at radius 1 is 0.957 bits per heavy atom. The number of pyridine rings is 2. The number of rotatable bonds is 1. The average Bonchev–Trinajstić information content (AvgIpc) is 2.55. The van der Waals surface area contributed by atoms with Crippen molar-refractivity contribution in [2.75, 3.05) is 7.11 Å². The molecule has 0 saturated heterocycles. The third-order valence-electron chi connectivity index (χ3n) is 2.62. The van der Waals surface area contributed by atoms with E-state index in [4.69, 9.17) is 15.6 Å². The van der Waals surface area contributed by atoms with Gasteiger partial charge in [0.05, 0.1) is 12.6 Å². The normalized spacial score (nSPS) is 8.22. The first kappa shape index (κ1) is 21.1. The molecule has 0 bridgehead atoms. The van der Waals surface area contributed by atoms with E-state index in [1.165, 1.54) is 10.3 Å². The summed E-state index contributed by atoms with van der Waals surface area (Å²) in [6.45, 7) is 0. The van der Waals surface area contributed by atoms with E-state index in [-0.39, 0.29) is 19.5 Å². The molecule has 2 heterocycles. The predicted octanol–water partition coefficient (Wildman–Crippen LogP) is 4.11. The van der Waals surface area contributed by atoms with Gasteiger partial charge in [0.1, 0.15) is 5.52 Å². The largest absolute Gasteiger partial charge is 2.00 e. The van der Waals surface area contributed by atoms with Crippen molar-refractivity contribution < 1.29 is 24.2 Å². The first-order chi connectivity index (χ1) is 10.7. The quantitative estimate of drug-likeness (QED) is 0.270. The number of hydrogen-bond acceptors (Lipinski definition) is 5. The average molecular weight is 392 g/mol. The summed E-state index contributed by atoms with van der Waals surface area (Å²) in [6.07, 6.45) is 1.78. The molecular formula is C15H10N4OS2Zn. The molecule has 5 nitrogen and oxygen atoms in total. The van der Waals surface area contributed by atoms with Crippen LogP contribution in [-0.2, 0) is 19.5 Å². The second-order valence-electron chi connectivity index (χ2n) is 3.75. The topological polar surface area (TPSA) is 79.6 Å². The minimum absolute atomic E-state index is 0. The number of hydrogen-bond donors (Lipinski definition) is 0. The SMILES string of the molecule is COc1ccc2ccc3cccnc3c2n1.[N-]=C=S.[N-]=C=S.[Zn+2]. The van der Waals surface area contributed by atoms with Crippen molar-refractivity contribution in [3.8, 4) is 5.88 Å². The number of nitrogens with zero attached hydrogens (tertiary/aromatic N) is 4. The van der Waals surface area contributed by atoms with Gasteiger partial charge in [-0.2, -0.15) is 10.3 Å². The summed E-state index contributed by atoms with van der Waals surface area (Å²) in [6, 6.07) is 11.9. The van der Waals surface area contributed by atoms with Crippen LogP contribution in [0.15, 0.2) is 42.6 Å². The number of thiocarbonyl (C=S) groups is 2. The van der Waals surface area contributed by atoms with Crippen LogP contribution in [-0.4, -0.2) is 27.4 Å². The van der Waals surface area contributed by atoms with Crippen LogP contribution in [0, 0.1) is 0 Å². The zero-order chi connectivity index (χ0) is 16.4. The Morgan fingerprint density at radius 2 is 1.48 bits per heavy atom. The number of isothiocyanates is 2. The molecule has 2 aromatic heterocycles. The van der Waals surface area contributed by atoms with E-state index < -0.39 is 0 Å². The Bertz CT molecular complexity index is 833. The van der Waals surface area contributed by atoms with Crippen LogP contribution >= 0.6 is 24.4 Å². The van der Waals surface area contributed by atoms with Crippen LogP contribution in [0.4, 0.5) is 0 Å². The van der Waals surface area contributed by atoms with E-state index in [0.29, 0.717) is 5.88 Å². The summed E-state index contributed by atoms with van der Waals surface area (Å²) in [5.74, 6) is 0.616. The smallest absolute Gasteiger partial charge is 0.753 e. The van der Waals surface area contributed by atoms with Gasteiger partial charge >= 0.3 is 19.5 Å². The standard InChI is InChI=1S/C13H10N2O.2CNS.Zn/c1-16-11-7-6-10-5-4-9-3-2-8-14-12(9)13(10)15-11;2*2-1-3;/h2-8H,1H3;;;/q;2*-1;+2. The molecule has 0 aliphatic heterocycles. The number of benzene rings is 1. The van der Waals surface area contributed by atoms with Crippen LogP contribution in [0.25, 0.3) is 32.6 Å². The van der Waals surface area contributed by atoms with Gasteiger partial charge in [-0.15, -0.1) is 0 Å². The van der Waals surface area contributed by atoms with E-state index in [2.05, 4.69) is 40.5 Å². The second-order valence-corrected chi connectivity index (χ2v) is 4.11. The third-order valence-corrected chi connectivity index (χ3v) is 2.62. The molecule has 0 aliphatic carbocycles. The summed E-state index contributed by atoms with van der Waals surface area (Å²) in [5.41, 5.74) is 1.80. The number of ether oxygens (including phenoxy) is 1. The Balaban J connectivity index is 0.000000610. The third kappa shape index (κ3) is 5.99. The first-order valence-corrected chi connectivity index (χ1v) is 6.74. The Morgan fingerprint density at radius 3 is 2.04 bits per heavy atom. The summed E-state index contributed by atoms with van der Waals surface area (Å²) in [5, 5.41) is 19.1. The van der Waals surface area contributed by atoms with Gasteiger partial charge < -0.3 is 15.6 Å². The molecule has 0 fully saturated rings. The van der Waals surface area contributed by atoms with Crippen LogP contribution in [0.2, 0.25) is 0 Å². The maximum atomic E-state index is 7.13. The zero-order valence-corrected chi connectivity index (χ0v) is 16.9. The fraction of sp³-hybridized carbons (Fsp3) is 0.0667. The van der Waals surface area contributed by atoms with E-state index in [1.54, 1.807) is 13.3 Å². The number of methoxy groups -OCH3 is 1. The van der Waals surface area contributed by atoms with Gasteiger partial charge in [0.15, 0.2) is 0 Å². The molecule has 0 atom stereocenters. The molecule has 0 aliphatic rings. The summed E-state index contributed by atoms with van der Waals surface area (Å²) in [4.78, 5) is 8.80. The van der Waals surface area contributed by atoms with E-state index in [0.717, 1.165) is 21.8 Å². The molecule has 23 heavy (non-hydrogen) atoms. The van der Waals surface area contributed by atoms with Gasteiger partial charge in [0.2, 0.25) is 5.88 Å². The Labute approximate surface area is 156 Å². The van der Waals surface area contributed by atoms with Crippen LogP contribution in [0.3, 0.4) is 0 Å². The minimum atomic E-state index is 0. The maximum Gasteiger partial charge on any atom is 2.00 e. The van der Waals surface area contributed by atoms with Crippen molar-refractivity contribution >= 4 is 56.6 Å². The summed E-state index contributed by atoms with van der Waals surface area (Å²) in [7, 11) is 1.62. The van der Waals surface area contributed by atoms with Crippen molar-refractivity contribution in [3.05, 3.63) is 53.4 Å². The minimum Gasteiger partial charge on any atom is -0.753 e. The molecule has 0 saturated carbocycles.